The fourth-order valence-corrected chi connectivity index (χ4v) is 3.73. The molecule has 0 saturated heterocycles. The van der Waals surface area contributed by atoms with E-state index >= 15 is 0 Å². The van der Waals surface area contributed by atoms with E-state index in [-0.39, 0.29) is 0 Å². The summed E-state index contributed by atoms with van der Waals surface area (Å²) >= 11 is 0. The van der Waals surface area contributed by atoms with Crippen LogP contribution in [0.5, 0.6) is 0 Å². The van der Waals surface area contributed by atoms with E-state index in [4.69, 9.17) is 5.73 Å². The summed E-state index contributed by atoms with van der Waals surface area (Å²) in [6.07, 6.45) is 17.3. The van der Waals surface area contributed by atoms with Gasteiger partial charge in [0.25, 0.3) is 0 Å². The van der Waals surface area contributed by atoms with Crippen molar-refractivity contribution in [3.05, 3.63) is 12.2 Å². The van der Waals surface area contributed by atoms with Crippen molar-refractivity contribution in [3.8, 4) is 0 Å². The van der Waals surface area contributed by atoms with Gasteiger partial charge < -0.3 is 5.73 Å². The third-order valence-corrected chi connectivity index (χ3v) is 5.22. The molecular weight excluding hydrogens is 206 g/mol. The van der Waals surface area contributed by atoms with E-state index in [2.05, 4.69) is 19.1 Å². The Bertz CT molecular complexity index is 248. The van der Waals surface area contributed by atoms with Gasteiger partial charge in [0.15, 0.2) is 0 Å². The molecule has 1 heteroatoms. The molecule has 1 nitrogen and oxygen atoms in total. The van der Waals surface area contributed by atoms with Crippen LogP contribution in [0.25, 0.3) is 0 Å². The van der Waals surface area contributed by atoms with E-state index in [1.807, 2.05) is 0 Å². The van der Waals surface area contributed by atoms with Crippen molar-refractivity contribution >= 4 is 0 Å². The predicted octanol–water partition coefficient (Wildman–Crippen LogP) is 4.28. The Kier molecular flexibility index (Phi) is 4.67. The zero-order valence-electron chi connectivity index (χ0n) is 11.5. The van der Waals surface area contributed by atoms with Crippen LogP contribution in [0, 0.1) is 17.3 Å². The van der Waals surface area contributed by atoms with Gasteiger partial charge in [0.1, 0.15) is 0 Å². The Hall–Kier alpha value is -0.300. The zero-order valence-corrected chi connectivity index (χ0v) is 11.5. The fraction of sp³-hybridized carbons (Fsp3) is 0.875. The van der Waals surface area contributed by atoms with Crippen molar-refractivity contribution < 1.29 is 0 Å². The van der Waals surface area contributed by atoms with E-state index < -0.39 is 0 Å². The molecule has 2 aliphatic carbocycles. The first-order valence-corrected chi connectivity index (χ1v) is 7.63. The molecule has 0 aromatic heterocycles. The molecule has 1 atom stereocenters. The lowest BCUT2D eigenvalue weighted by atomic mass is 9.62. The SMILES string of the molecule is CC1CCC(CN)(C2/C=C/CCCCC2)CC1. The Morgan fingerprint density at radius 1 is 1.12 bits per heavy atom. The second-order valence-electron chi connectivity index (χ2n) is 6.42. The third-order valence-electron chi connectivity index (χ3n) is 5.22. The highest BCUT2D eigenvalue weighted by molar-refractivity contribution is 5.01. The molecule has 1 saturated carbocycles. The number of hydrogen-bond acceptors (Lipinski definition) is 1. The normalized spacial score (nSPS) is 41.5. The van der Waals surface area contributed by atoms with Crippen molar-refractivity contribution in [1.82, 2.24) is 0 Å². The smallest absolute Gasteiger partial charge is 0.00149 e. The van der Waals surface area contributed by atoms with E-state index in [9.17, 15) is 0 Å². The highest BCUT2D eigenvalue weighted by Crippen LogP contribution is 2.46. The summed E-state index contributed by atoms with van der Waals surface area (Å²) in [7, 11) is 0. The number of hydrogen-bond donors (Lipinski definition) is 1. The minimum atomic E-state index is 0.445. The van der Waals surface area contributed by atoms with Crippen LogP contribution in [-0.4, -0.2) is 6.54 Å². The minimum absolute atomic E-state index is 0.445. The fourth-order valence-electron chi connectivity index (χ4n) is 3.73. The van der Waals surface area contributed by atoms with Crippen molar-refractivity contribution in [3.63, 3.8) is 0 Å². The summed E-state index contributed by atoms with van der Waals surface area (Å²) in [5.41, 5.74) is 6.62. The van der Waals surface area contributed by atoms with Crippen molar-refractivity contribution in [2.75, 3.05) is 6.54 Å². The van der Waals surface area contributed by atoms with Gasteiger partial charge in [0, 0.05) is 0 Å². The summed E-state index contributed by atoms with van der Waals surface area (Å²) < 4.78 is 0. The van der Waals surface area contributed by atoms with Crippen LogP contribution in [0.4, 0.5) is 0 Å². The Morgan fingerprint density at radius 2 is 1.88 bits per heavy atom. The first-order chi connectivity index (χ1) is 8.27. The first kappa shape index (κ1) is 13.1. The number of nitrogens with two attached hydrogens (primary N) is 1. The van der Waals surface area contributed by atoms with Gasteiger partial charge >= 0.3 is 0 Å². The summed E-state index contributed by atoms with van der Waals surface area (Å²) in [4.78, 5) is 0. The monoisotopic (exact) mass is 235 g/mol. The lowest BCUT2D eigenvalue weighted by Gasteiger charge is -2.44. The van der Waals surface area contributed by atoms with Crippen LogP contribution < -0.4 is 5.73 Å². The molecule has 0 radical (unpaired) electrons. The van der Waals surface area contributed by atoms with E-state index in [1.165, 1.54) is 57.8 Å². The van der Waals surface area contributed by atoms with Crippen LogP contribution in [-0.2, 0) is 0 Å². The minimum Gasteiger partial charge on any atom is -0.330 e. The third kappa shape index (κ3) is 3.13. The molecule has 2 rings (SSSR count). The van der Waals surface area contributed by atoms with Gasteiger partial charge in [-0.05, 0) is 55.9 Å². The summed E-state index contributed by atoms with van der Waals surface area (Å²) in [6.45, 7) is 3.29. The molecular formula is C16H29N. The Balaban J connectivity index is 2.07. The molecule has 0 amide bonds. The van der Waals surface area contributed by atoms with Crippen molar-refractivity contribution in [2.24, 2.45) is 23.0 Å². The summed E-state index contributed by atoms with van der Waals surface area (Å²) in [5.74, 6) is 1.69. The van der Waals surface area contributed by atoms with Gasteiger partial charge in [0.2, 0.25) is 0 Å². The molecule has 1 unspecified atom stereocenters. The zero-order chi connectivity index (χ0) is 12.1. The quantitative estimate of drug-likeness (QED) is 0.710. The molecule has 0 heterocycles. The maximum Gasteiger partial charge on any atom is -0.00149 e. The maximum absolute atomic E-state index is 6.17. The lowest BCUT2D eigenvalue weighted by molar-refractivity contribution is 0.102. The van der Waals surface area contributed by atoms with Crippen LogP contribution in [0.15, 0.2) is 12.2 Å². The lowest BCUT2D eigenvalue weighted by Crippen LogP contribution is -2.40. The average Bonchev–Trinajstić information content (AvgIpc) is 2.31. The molecule has 0 aromatic carbocycles. The maximum atomic E-state index is 6.17. The van der Waals surface area contributed by atoms with Gasteiger partial charge in [-0.1, -0.05) is 44.8 Å². The van der Waals surface area contributed by atoms with Crippen LogP contribution in [0.1, 0.15) is 64.7 Å². The highest BCUT2D eigenvalue weighted by atomic mass is 14.6. The molecule has 0 aromatic rings. The van der Waals surface area contributed by atoms with E-state index in [0.29, 0.717) is 5.41 Å². The standard InChI is InChI=1S/C16H29N/c1-14-9-11-16(13-17,12-10-14)15-7-5-3-2-4-6-8-15/h5,7,14-15H,2-4,6,8-13,17H2,1H3/b7-5+. The summed E-state index contributed by atoms with van der Waals surface area (Å²) in [6, 6.07) is 0. The molecule has 0 bridgehead atoms. The Morgan fingerprint density at radius 3 is 2.59 bits per heavy atom. The molecule has 0 aliphatic heterocycles. The number of rotatable bonds is 2. The van der Waals surface area contributed by atoms with Gasteiger partial charge in [-0.25, -0.2) is 0 Å². The topological polar surface area (TPSA) is 26.0 Å². The predicted molar refractivity (Wildman–Crippen MR) is 74.8 cm³/mol. The second kappa shape index (κ2) is 6.04. The molecule has 0 spiro atoms. The molecule has 17 heavy (non-hydrogen) atoms. The van der Waals surface area contributed by atoms with Crippen LogP contribution >= 0.6 is 0 Å². The van der Waals surface area contributed by atoms with Gasteiger partial charge in [-0.2, -0.15) is 0 Å². The summed E-state index contributed by atoms with van der Waals surface area (Å²) in [5, 5.41) is 0. The molecule has 98 valence electrons. The van der Waals surface area contributed by atoms with Crippen molar-refractivity contribution in [2.45, 2.75) is 64.7 Å². The number of allylic oxidation sites excluding steroid dienone is 2. The Labute approximate surface area is 107 Å². The second-order valence-corrected chi connectivity index (χ2v) is 6.42. The van der Waals surface area contributed by atoms with Gasteiger partial charge in [-0.15, -0.1) is 0 Å². The van der Waals surface area contributed by atoms with Crippen LogP contribution in [0.2, 0.25) is 0 Å². The molecule has 2 N–H and O–H groups in total. The molecule has 2 aliphatic rings. The first-order valence-electron chi connectivity index (χ1n) is 7.63. The van der Waals surface area contributed by atoms with Gasteiger partial charge in [0.05, 0.1) is 0 Å². The van der Waals surface area contributed by atoms with E-state index in [1.54, 1.807) is 0 Å². The van der Waals surface area contributed by atoms with Crippen LogP contribution in [0.3, 0.4) is 0 Å². The van der Waals surface area contributed by atoms with Crippen molar-refractivity contribution in [1.29, 1.82) is 0 Å². The average molecular weight is 235 g/mol. The van der Waals surface area contributed by atoms with Gasteiger partial charge in [-0.3, -0.25) is 0 Å². The molecule has 1 fully saturated rings. The highest BCUT2D eigenvalue weighted by Gasteiger charge is 2.38. The largest absolute Gasteiger partial charge is 0.330 e. The van der Waals surface area contributed by atoms with E-state index in [0.717, 1.165) is 18.4 Å².